The lowest BCUT2D eigenvalue weighted by molar-refractivity contribution is 0.00618. The highest BCUT2D eigenvalue weighted by Crippen LogP contribution is 2.12. The fourth-order valence-corrected chi connectivity index (χ4v) is 1.60. The van der Waals surface area contributed by atoms with Crippen LogP contribution >= 0.6 is 0 Å². The largest absolute Gasteiger partial charge is 0.455 e. The molecular weight excluding hydrogens is 244 g/mol. The number of hydrogen-bond acceptors (Lipinski definition) is 4. The van der Waals surface area contributed by atoms with E-state index in [1.807, 2.05) is 40.0 Å². The van der Waals surface area contributed by atoms with E-state index in [1.165, 1.54) is 0 Å². The highest BCUT2D eigenvalue weighted by atomic mass is 16.6. The first-order valence-electron chi connectivity index (χ1n) is 6.10. The molecule has 0 saturated carbocycles. The molecule has 6 heteroatoms. The molecule has 0 aliphatic rings. The minimum atomic E-state index is -0.517. The van der Waals surface area contributed by atoms with Gasteiger partial charge < -0.3 is 4.74 Å². The van der Waals surface area contributed by atoms with Crippen LogP contribution in [-0.2, 0) is 11.4 Å². The molecule has 0 saturated heterocycles. The summed E-state index contributed by atoms with van der Waals surface area (Å²) in [7, 11) is 0. The normalized spacial score (nSPS) is 11.6. The number of nitrogens with zero attached hydrogens (tertiary/aromatic N) is 4. The Balaban J connectivity index is 2.14. The second-order valence-corrected chi connectivity index (χ2v) is 5.36. The van der Waals surface area contributed by atoms with Gasteiger partial charge in [0.25, 0.3) is 0 Å². The summed E-state index contributed by atoms with van der Waals surface area (Å²) in [6, 6.07) is 3.56. The third kappa shape index (κ3) is 3.43. The van der Waals surface area contributed by atoms with E-state index in [1.54, 1.807) is 21.6 Å². The predicted molar refractivity (Wildman–Crippen MR) is 69.8 cm³/mol. The quantitative estimate of drug-likeness (QED) is 0.792. The Bertz CT molecular complexity index is 564. The minimum Gasteiger partial charge on any atom is -0.455 e. The molecule has 0 N–H and O–H groups in total. The highest BCUT2D eigenvalue weighted by Gasteiger charge is 2.20. The van der Waals surface area contributed by atoms with Crippen molar-refractivity contribution in [2.45, 2.75) is 40.0 Å². The van der Waals surface area contributed by atoms with Crippen molar-refractivity contribution in [1.29, 1.82) is 0 Å². The maximum absolute atomic E-state index is 11.9. The van der Waals surface area contributed by atoms with Gasteiger partial charge in [-0.15, -0.1) is 0 Å². The number of rotatable bonds is 3. The maximum atomic E-state index is 11.9. The first-order chi connectivity index (χ1) is 8.85. The molecule has 102 valence electrons. The summed E-state index contributed by atoms with van der Waals surface area (Å²) in [6.45, 7) is 7.86. The summed E-state index contributed by atoms with van der Waals surface area (Å²) in [5, 5.41) is 8.36. The van der Waals surface area contributed by atoms with E-state index in [-0.39, 0.29) is 0 Å². The summed E-state index contributed by atoms with van der Waals surface area (Å²) in [6.07, 6.45) is 3.54. The molecule has 0 unspecified atom stereocenters. The topological polar surface area (TPSA) is 61.9 Å². The van der Waals surface area contributed by atoms with Gasteiger partial charge in [-0.25, -0.2) is 9.48 Å². The molecule has 0 amide bonds. The molecule has 0 atom stereocenters. The number of aryl methyl sites for hydroxylation is 1. The van der Waals surface area contributed by atoms with Crippen molar-refractivity contribution in [2.24, 2.45) is 0 Å². The zero-order valence-corrected chi connectivity index (χ0v) is 11.6. The van der Waals surface area contributed by atoms with E-state index in [4.69, 9.17) is 4.74 Å². The summed E-state index contributed by atoms with van der Waals surface area (Å²) in [4.78, 5) is 11.9. The summed E-state index contributed by atoms with van der Waals surface area (Å²) in [5.41, 5.74) is 0.687. The van der Waals surface area contributed by atoms with Crippen LogP contribution in [0.25, 0.3) is 0 Å². The molecule has 0 aromatic carbocycles. The monoisotopic (exact) mass is 262 g/mol. The number of ether oxygens (including phenoxy) is 1. The van der Waals surface area contributed by atoms with Crippen molar-refractivity contribution in [3.05, 3.63) is 35.9 Å². The lowest BCUT2D eigenvalue weighted by atomic mass is 10.2. The van der Waals surface area contributed by atoms with E-state index in [0.29, 0.717) is 12.4 Å². The van der Waals surface area contributed by atoms with Crippen molar-refractivity contribution in [3.63, 3.8) is 0 Å². The molecule has 0 bridgehead atoms. The Hall–Kier alpha value is -2.11. The van der Waals surface area contributed by atoms with Crippen LogP contribution in [0.4, 0.5) is 0 Å². The van der Waals surface area contributed by atoms with Crippen molar-refractivity contribution in [3.8, 4) is 0 Å². The van der Waals surface area contributed by atoms with E-state index in [0.717, 1.165) is 5.69 Å². The Morgan fingerprint density at radius 3 is 2.74 bits per heavy atom. The molecule has 2 aromatic rings. The lowest BCUT2D eigenvalue weighted by Crippen LogP contribution is -2.24. The van der Waals surface area contributed by atoms with Gasteiger partial charge in [0, 0.05) is 18.1 Å². The van der Waals surface area contributed by atoms with Crippen molar-refractivity contribution in [2.75, 3.05) is 0 Å². The van der Waals surface area contributed by atoms with Crippen LogP contribution in [-0.4, -0.2) is 31.1 Å². The molecular formula is C13H18N4O2. The molecule has 2 heterocycles. The van der Waals surface area contributed by atoms with Gasteiger partial charge in [0.1, 0.15) is 12.3 Å². The molecule has 2 aromatic heterocycles. The van der Waals surface area contributed by atoms with E-state index >= 15 is 0 Å². The van der Waals surface area contributed by atoms with Gasteiger partial charge in [-0.05, 0) is 39.8 Å². The van der Waals surface area contributed by atoms with Crippen LogP contribution in [0, 0.1) is 6.92 Å². The summed E-state index contributed by atoms with van der Waals surface area (Å²) < 4.78 is 8.74. The predicted octanol–water partition coefficient (Wildman–Crippen LogP) is 1.85. The first kappa shape index (κ1) is 13.3. The van der Waals surface area contributed by atoms with Gasteiger partial charge in [-0.1, -0.05) is 0 Å². The molecule has 19 heavy (non-hydrogen) atoms. The lowest BCUT2D eigenvalue weighted by Gasteiger charge is -2.18. The molecule has 0 radical (unpaired) electrons. The summed E-state index contributed by atoms with van der Waals surface area (Å²) in [5.74, 6) is -0.408. The standard InChI is InChI=1S/C13H18N4O2/c1-10-8-11(12(18)19-13(2,3)4)15-17(10)9-16-7-5-6-14-16/h5-8H,9H2,1-4H3. The van der Waals surface area contributed by atoms with E-state index < -0.39 is 11.6 Å². The van der Waals surface area contributed by atoms with Crippen molar-refractivity contribution < 1.29 is 9.53 Å². The van der Waals surface area contributed by atoms with Crippen molar-refractivity contribution in [1.82, 2.24) is 19.6 Å². The smallest absolute Gasteiger partial charge is 0.359 e. The Labute approximate surface area is 112 Å². The van der Waals surface area contributed by atoms with Gasteiger partial charge in [0.2, 0.25) is 0 Å². The zero-order chi connectivity index (χ0) is 14.0. The maximum Gasteiger partial charge on any atom is 0.359 e. The average molecular weight is 262 g/mol. The molecule has 0 aliphatic carbocycles. The third-order valence-electron chi connectivity index (χ3n) is 2.43. The number of carbonyl (C=O) groups is 1. The van der Waals surface area contributed by atoms with Crippen LogP contribution < -0.4 is 0 Å². The van der Waals surface area contributed by atoms with E-state index in [2.05, 4.69) is 10.2 Å². The van der Waals surface area contributed by atoms with Crippen molar-refractivity contribution >= 4 is 5.97 Å². The average Bonchev–Trinajstić information content (AvgIpc) is 2.88. The van der Waals surface area contributed by atoms with Gasteiger partial charge in [0.15, 0.2) is 5.69 Å². The molecule has 2 rings (SSSR count). The van der Waals surface area contributed by atoms with Crippen LogP contribution in [0.1, 0.15) is 37.0 Å². The summed E-state index contributed by atoms with van der Waals surface area (Å²) >= 11 is 0. The van der Waals surface area contributed by atoms with Gasteiger partial charge in [-0.3, -0.25) is 4.68 Å². The van der Waals surface area contributed by atoms with Crippen LogP contribution in [0.5, 0.6) is 0 Å². The fraction of sp³-hybridized carbons (Fsp3) is 0.462. The first-order valence-corrected chi connectivity index (χ1v) is 6.10. The van der Waals surface area contributed by atoms with Crippen LogP contribution in [0.2, 0.25) is 0 Å². The van der Waals surface area contributed by atoms with E-state index in [9.17, 15) is 4.79 Å². The van der Waals surface area contributed by atoms with Gasteiger partial charge >= 0.3 is 5.97 Å². The SMILES string of the molecule is Cc1cc(C(=O)OC(C)(C)C)nn1Cn1cccn1. The van der Waals surface area contributed by atoms with Crippen LogP contribution in [0.15, 0.2) is 24.5 Å². The second-order valence-electron chi connectivity index (χ2n) is 5.36. The second kappa shape index (κ2) is 4.87. The number of aromatic nitrogens is 4. The molecule has 6 nitrogen and oxygen atoms in total. The molecule has 0 spiro atoms. The van der Waals surface area contributed by atoms with Gasteiger partial charge in [0.05, 0.1) is 0 Å². The third-order valence-corrected chi connectivity index (χ3v) is 2.43. The Morgan fingerprint density at radius 1 is 1.42 bits per heavy atom. The highest BCUT2D eigenvalue weighted by molar-refractivity contribution is 5.87. The van der Waals surface area contributed by atoms with Crippen LogP contribution in [0.3, 0.4) is 0 Å². The Morgan fingerprint density at radius 2 is 2.16 bits per heavy atom. The number of carbonyl (C=O) groups excluding carboxylic acids is 1. The number of esters is 1. The Kier molecular flexibility index (Phi) is 3.42. The fourth-order valence-electron chi connectivity index (χ4n) is 1.60. The van der Waals surface area contributed by atoms with Gasteiger partial charge in [-0.2, -0.15) is 10.2 Å². The molecule has 0 aliphatic heterocycles. The zero-order valence-electron chi connectivity index (χ0n) is 11.6. The molecule has 0 fully saturated rings. The minimum absolute atomic E-state index is 0.319. The number of hydrogen-bond donors (Lipinski definition) is 0.